The third-order valence-corrected chi connectivity index (χ3v) is 4.10. The molecule has 0 bridgehead atoms. The number of carbonyl (C=O) groups is 1. The minimum atomic E-state index is -0.264. The Morgan fingerprint density at radius 2 is 2.05 bits per heavy atom. The minimum Gasteiger partial charge on any atom is -0.384 e. The summed E-state index contributed by atoms with van der Waals surface area (Å²) in [6.07, 6.45) is 2.59. The van der Waals surface area contributed by atoms with Crippen molar-refractivity contribution in [2.24, 2.45) is 5.41 Å². The summed E-state index contributed by atoms with van der Waals surface area (Å²) in [7, 11) is 1.69. The molecule has 0 atom stereocenters. The largest absolute Gasteiger partial charge is 0.384 e. The minimum absolute atomic E-state index is 0.129. The van der Waals surface area contributed by atoms with E-state index in [0.717, 1.165) is 43.6 Å². The lowest BCUT2D eigenvalue weighted by molar-refractivity contribution is -0.126. The van der Waals surface area contributed by atoms with Crippen molar-refractivity contribution in [3.05, 3.63) is 29.8 Å². The zero-order chi connectivity index (χ0) is 14.4. The van der Waals surface area contributed by atoms with Gasteiger partial charge in [-0.25, -0.2) is 0 Å². The van der Waals surface area contributed by atoms with Gasteiger partial charge in [0.25, 0.3) is 0 Å². The summed E-state index contributed by atoms with van der Waals surface area (Å²) in [6, 6.07) is 7.95. The molecule has 1 fully saturated rings. The number of hydrogen-bond acceptors (Lipinski definition) is 3. The quantitative estimate of drug-likeness (QED) is 0.867. The van der Waals surface area contributed by atoms with Gasteiger partial charge in [-0.05, 0) is 44.0 Å². The van der Waals surface area contributed by atoms with E-state index in [9.17, 15) is 4.79 Å². The van der Waals surface area contributed by atoms with E-state index in [4.69, 9.17) is 4.74 Å². The fraction of sp³-hybridized carbons (Fsp3) is 0.562. The molecule has 1 amide bonds. The summed E-state index contributed by atoms with van der Waals surface area (Å²) in [4.78, 5) is 12.5. The highest BCUT2D eigenvalue weighted by molar-refractivity contribution is 5.95. The van der Waals surface area contributed by atoms with Gasteiger partial charge >= 0.3 is 0 Å². The smallest absolute Gasteiger partial charge is 0.230 e. The number of amides is 1. The summed E-state index contributed by atoms with van der Waals surface area (Å²) < 4.78 is 5.12. The molecule has 0 aliphatic carbocycles. The maximum absolute atomic E-state index is 12.5. The fourth-order valence-electron chi connectivity index (χ4n) is 2.55. The Morgan fingerprint density at radius 1 is 1.35 bits per heavy atom. The molecule has 1 aliphatic rings. The van der Waals surface area contributed by atoms with E-state index in [0.29, 0.717) is 6.61 Å². The molecule has 4 heteroatoms. The molecule has 1 aliphatic heterocycles. The number of nitrogens with one attached hydrogen (secondary N) is 2. The Hall–Kier alpha value is -1.39. The lowest BCUT2D eigenvalue weighted by atomic mass is 9.80. The molecule has 1 saturated heterocycles. The number of piperidine rings is 1. The maximum atomic E-state index is 12.5. The second-order valence-corrected chi connectivity index (χ2v) is 5.66. The van der Waals surface area contributed by atoms with Crippen molar-refractivity contribution in [2.45, 2.75) is 26.2 Å². The predicted molar refractivity (Wildman–Crippen MR) is 80.9 cm³/mol. The Morgan fingerprint density at radius 3 is 2.75 bits per heavy atom. The Balaban J connectivity index is 2.07. The fourth-order valence-corrected chi connectivity index (χ4v) is 2.55. The summed E-state index contributed by atoms with van der Waals surface area (Å²) >= 11 is 0. The summed E-state index contributed by atoms with van der Waals surface area (Å²) in [6.45, 7) is 4.54. The SMILES string of the molecule is COCCc1ccccc1NC(=O)C1(C)CCNCC1. The molecule has 20 heavy (non-hydrogen) atoms. The first-order chi connectivity index (χ1) is 9.65. The molecule has 1 aromatic carbocycles. The van der Waals surface area contributed by atoms with Gasteiger partial charge in [0.2, 0.25) is 5.91 Å². The van der Waals surface area contributed by atoms with Crippen LogP contribution in [0.15, 0.2) is 24.3 Å². The van der Waals surface area contributed by atoms with E-state index in [1.165, 1.54) is 0 Å². The van der Waals surface area contributed by atoms with Crippen LogP contribution in [0.3, 0.4) is 0 Å². The zero-order valence-corrected chi connectivity index (χ0v) is 12.4. The Bertz CT molecular complexity index is 454. The molecule has 110 valence electrons. The average Bonchev–Trinajstić information content (AvgIpc) is 2.47. The molecule has 2 N–H and O–H groups in total. The third-order valence-electron chi connectivity index (χ3n) is 4.10. The van der Waals surface area contributed by atoms with E-state index in [1.54, 1.807) is 7.11 Å². The Kier molecular flexibility index (Phi) is 5.15. The van der Waals surface area contributed by atoms with Crippen LogP contribution >= 0.6 is 0 Å². The number of anilines is 1. The molecule has 0 unspecified atom stereocenters. The number of hydrogen-bond donors (Lipinski definition) is 2. The Labute approximate surface area is 120 Å². The van der Waals surface area contributed by atoms with Gasteiger partial charge in [-0.3, -0.25) is 4.79 Å². The van der Waals surface area contributed by atoms with E-state index >= 15 is 0 Å². The molecule has 4 nitrogen and oxygen atoms in total. The van der Waals surface area contributed by atoms with Crippen molar-refractivity contribution in [3.63, 3.8) is 0 Å². The van der Waals surface area contributed by atoms with Crippen LogP contribution in [0.4, 0.5) is 5.69 Å². The number of benzene rings is 1. The van der Waals surface area contributed by atoms with Crippen molar-refractivity contribution in [2.75, 3.05) is 32.1 Å². The van der Waals surface area contributed by atoms with Gasteiger partial charge in [0, 0.05) is 18.2 Å². The van der Waals surface area contributed by atoms with Gasteiger partial charge in [0.05, 0.1) is 6.61 Å². The van der Waals surface area contributed by atoms with Gasteiger partial charge in [-0.15, -0.1) is 0 Å². The summed E-state index contributed by atoms with van der Waals surface area (Å²) in [5, 5.41) is 6.41. The number of methoxy groups -OCH3 is 1. The first-order valence-electron chi connectivity index (χ1n) is 7.25. The molecule has 0 spiro atoms. The van der Waals surface area contributed by atoms with Crippen molar-refractivity contribution in [1.29, 1.82) is 0 Å². The predicted octanol–water partition coefficient (Wildman–Crippen LogP) is 2.20. The van der Waals surface area contributed by atoms with Crippen LogP contribution in [0.5, 0.6) is 0 Å². The summed E-state index contributed by atoms with van der Waals surface area (Å²) in [5.41, 5.74) is 1.77. The number of carbonyl (C=O) groups excluding carboxylic acids is 1. The normalized spacial score (nSPS) is 17.7. The van der Waals surface area contributed by atoms with Crippen LogP contribution < -0.4 is 10.6 Å². The van der Waals surface area contributed by atoms with Crippen molar-refractivity contribution in [3.8, 4) is 0 Å². The monoisotopic (exact) mass is 276 g/mol. The molecular formula is C16H24N2O2. The third kappa shape index (κ3) is 3.58. The molecule has 0 radical (unpaired) electrons. The molecule has 2 rings (SSSR count). The van der Waals surface area contributed by atoms with Crippen molar-refractivity contribution >= 4 is 11.6 Å². The molecule has 1 heterocycles. The van der Waals surface area contributed by atoms with Crippen LogP contribution in [-0.4, -0.2) is 32.7 Å². The van der Waals surface area contributed by atoms with Gasteiger partial charge in [-0.2, -0.15) is 0 Å². The maximum Gasteiger partial charge on any atom is 0.230 e. The zero-order valence-electron chi connectivity index (χ0n) is 12.4. The topological polar surface area (TPSA) is 50.4 Å². The second-order valence-electron chi connectivity index (χ2n) is 5.66. The number of para-hydroxylation sites is 1. The highest BCUT2D eigenvalue weighted by atomic mass is 16.5. The first-order valence-corrected chi connectivity index (χ1v) is 7.25. The van der Waals surface area contributed by atoms with Crippen LogP contribution in [0, 0.1) is 5.41 Å². The van der Waals surface area contributed by atoms with Crippen molar-refractivity contribution in [1.82, 2.24) is 5.32 Å². The van der Waals surface area contributed by atoms with E-state index in [2.05, 4.69) is 17.6 Å². The molecule has 1 aromatic rings. The second kappa shape index (κ2) is 6.86. The molecule has 0 aromatic heterocycles. The van der Waals surface area contributed by atoms with E-state index in [-0.39, 0.29) is 11.3 Å². The number of ether oxygens (including phenoxy) is 1. The highest BCUT2D eigenvalue weighted by Gasteiger charge is 2.34. The van der Waals surface area contributed by atoms with Gasteiger partial charge in [0.1, 0.15) is 0 Å². The van der Waals surface area contributed by atoms with Gasteiger partial charge in [-0.1, -0.05) is 25.1 Å². The lowest BCUT2D eigenvalue weighted by Crippen LogP contribution is -2.43. The number of rotatable bonds is 5. The van der Waals surface area contributed by atoms with E-state index in [1.807, 2.05) is 24.3 Å². The van der Waals surface area contributed by atoms with Crippen LogP contribution in [0.2, 0.25) is 0 Å². The molecular weight excluding hydrogens is 252 g/mol. The molecule has 0 saturated carbocycles. The van der Waals surface area contributed by atoms with Crippen LogP contribution in [-0.2, 0) is 16.0 Å². The van der Waals surface area contributed by atoms with E-state index < -0.39 is 0 Å². The van der Waals surface area contributed by atoms with Crippen LogP contribution in [0.1, 0.15) is 25.3 Å². The summed E-state index contributed by atoms with van der Waals surface area (Å²) in [5.74, 6) is 0.129. The highest BCUT2D eigenvalue weighted by Crippen LogP contribution is 2.30. The standard InChI is InChI=1S/C16H24N2O2/c1-16(8-10-17-11-9-16)15(19)18-14-6-4-3-5-13(14)7-12-20-2/h3-6,17H,7-12H2,1-2H3,(H,18,19). The van der Waals surface area contributed by atoms with Crippen molar-refractivity contribution < 1.29 is 9.53 Å². The van der Waals surface area contributed by atoms with Gasteiger partial charge < -0.3 is 15.4 Å². The van der Waals surface area contributed by atoms with Crippen LogP contribution in [0.25, 0.3) is 0 Å². The lowest BCUT2D eigenvalue weighted by Gasteiger charge is -2.32. The average molecular weight is 276 g/mol. The van der Waals surface area contributed by atoms with Gasteiger partial charge in [0.15, 0.2) is 0 Å². The first kappa shape index (κ1) is 15.0.